The van der Waals surface area contributed by atoms with Crippen molar-refractivity contribution < 1.29 is 4.79 Å². The average Bonchev–Trinajstić information content (AvgIpc) is 2.85. The number of hydrogen-bond donors (Lipinski definition) is 1. The number of rotatable bonds is 6. The summed E-state index contributed by atoms with van der Waals surface area (Å²) in [5.41, 5.74) is 8.40. The highest BCUT2D eigenvalue weighted by Crippen LogP contribution is 2.25. The number of amides is 1. The maximum absolute atomic E-state index is 12.5. The van der Waals surface area contributed by atoms with Gasteiger partial charge in [0, 0.05) is 19.5 Å². The molecule has 5 nitrogen and oxygen atoms in total. The summed E-state index contributed by atoms with van der Waals surface area (Å²) >= 11 is 0. The molecule has 0 bridgehead atoms. The maximum Gasteiger partial charge on any atom is 0.242 e. The summed E-state index contributed by atoms with van der Waals surface area (Å²) < 4.78 is 2.00. The van der Waals surface area contributed by atoms with Gasteiger partial charge >= 0.3 is 0 Å². The topological polar surface area (TPSA) is 64.2 Å². The minimum atomic E-state index is 0.108. The van der Waals surface area contributed by atoms with Gasteiger partial charge in [0.2, 0.25) is 5.91 Å². The van der Waals surface area contributed by atoms with Crippen LogP contribution in [0.25, 0.3) is 11.0 Å². The lowest BCUT2D eigenvalue weighted by molar-refractivity contribution is -0.130. The molecule has 5 heteroatoms. The fourth-order valence-electron chi connectivity index (χ4n) is 2.57. The zero-order valence-electron chi connectivity index (χ0n) is 14.0. The fourth-order valence-corrected chi connectivity index (χ4v) is 2.57. The van der Waals surface area contributed by atoms with E-state index >= 15 is 0 Å². The number of imidazole rings is 1. The number of unbranched alkanes of at least 4 members (excludes halogenated alkanes) is 1. The van der Waals surface area contributed by atoms with Crippen molar-refractivity contribution in [1.82, 2.24) is 14.5 Å². The second kappa shape index (κ2) is 6.81. The Bertz CT molecular complexity index is 660. The summed E-state index contributed by atoms with van der Waals surface area (Å²) in [4.78, 5) is 18.9. The number of nitrogen functional groups attached to an aromatic ring is 1. The normalized spacial score (nSPS) is 11.3. The molecule has 1 aromatic carbocycles. The van der Waals surface area contributed by atoms with E-state index in [-0.39, 0.29) is 11.8 Å². The van der Waals surface area contributed by atoms with Crippen LogP contribution in [0.3, 0.4) is 0 Å². The number of hydrogen-bond acceptors (Lipinski definition) is 3. The van der Waals surface area contributed by atoms with Gasteiger partial charge in [-0.25, -0.2) is 4.98 Å². The molecule has 0 radical (unpaired) electrons. The molecule has 2 aromatic rings. The predicted molar refractivity (Wildman–Crippen MR) is 90.8 cm³/mol. The van der Waals surface area contributed by atoms with Crippen LogP contribution in [0, 0.1) is 0 Å². The zero-order chi connectivity index (χ0) is 16.3. The highest BCUT2D eigenvalue weighted by atomic mass is 16.2. The molecule has 0 atom stereocenters. The van der Waals surface area contributed by atoms with Gasteiger partial charge in [-0.1, -0.05) is 33.3 Å². The molecule has 0 aliphatic rings. The summed E-state index contributed by atoms with van der Waals surface area (Å²) in [5, 5.41) is 0. The molecular formula is C17H26N4O. The minimum Gasteiger partial charge on any atom is -0.397 e. The lowest BCUT2D eigenvalue weighted by Gasteiger charge is -2.19. The van der Waals surface area contributed by atoms with Gasteiger partial charge in [-0.3, -0.25) is 4.79 Å². The number of aromatic nitrogens is 2. The monoisotopic (exact) mass is 302 g/mol. The van der Waals surface area contributed by atoms with E-state index in [0.29, 0.717) is 12.2 Å². The first-order valence-corrected chi connectivity index (χ1v) is 7.94. The SMILES string of the molecule is CCCCN(C)C(=O)Cn1c(C(C)C)nc2c(N)cccc21. The molecule has 2 rings (SSSR count). The first-order chi connectivity index (χ1) is 10.5. The molecule has 1 amide bonds. The van der Waals surface area contributed by atoms with E-state index in [0.717, 1.165) is 36.2 Å². The van der Waals surface area contributed by atoms with Crippen molar-refractivity contribution in [2.45, 2.75) is 46.1 Å². The van der Waals surface area contributed by atoms with Gasteiger partial charge in [-0.05, 0) is 18.6 Å². The standard InChI is InChI=1S/C17H26N4O/c1-5-6-10-20(4)15(22)11-21-14-9-7-8-13(18)16(14)19-17(21)12(2)3/h7-9,12H,5-6,10-11,18H2,1-4H3. The quantitative estimate of drug-likeness (QED) is 0.834. The van der Waals surface area contributed by atoms with Crippen LogP contribution >= 0.6 is 0 Å². The second-order valence-corrected chi connectivity index (χ2v) is 6.09. The van der Waals surface area contributed by atoms with Gasteiger partial charge in [-0.15, -0.1) is 0 Å². The van der Waals surface area contributed by atoms with Crippen molar-refractivity contribution in [3.63, 3.8) is 0 Å². The molecule has 0 spiro atoms. The van der Waals surface area contributed by atoms with E-state index < -0.39 is 0 Å². The van der Waals surface area contributed by atoms with Crippen molar-refractivity contribution >= 4 is 22.6 Å². The number of carbonyl (C=O) groups excluding carboxylic acids is 1. The minimum absolute atomic E-state index is 0.108. The number of likely N-dealkylation sites (N-methyl/N-ethyl adjacent to an activating group) is 1. The number of carbonyl (C=O) groups is 1. The van der Waals surface area contributed by atoms with Crippen molar-refractivity contribution in [3.8, 4) is 0 Å². The van der Waals surface area contributed by atoms with E-state index in [1.807, 2.05) is 29.8 Å². The Morgan fingerprint density at radius 3 is 2.77 bits per heavy atom. The van der Waals surface area contributed by atoms with Crippen LogP contribution in [0.2, 0.25) is 0 Å². The molecule has 120 valence electrons. The molecule has 0 saturated heterocycles. The molecule has 0 aliphatic carbocycles. The second-order valence-electron chi connectivity index (χ2n) is 6.09. The first kappa shape index (κ1) is 16.3. The predicted octanol–water partition coefficient (Wildman–Crippen LogP) is 3.00. The summed E-state index contributed by atoms with van der Waals surface area (Å²) in [6.07, 6.45) is 2.11. The molecule has 1 heterocycles. The first-order valence-electron chi connectivity index (χ1n) is 7.94. The van der Waals surface area contributed by atoms with E-state index in [2.05, 4.69) is 25.8 Å². The third-order valence-electron chi connectivity index (χ3n) is 3.92. The Labute approximate surface area is 132 Å². The fraction of sp³-hybridized carbons (Fsp3) is 0.529. The third-order valence-corrected chi connectivity index (χ3v) is 3.92. The summed E-state index contributed by atoms with van der Waals surface area (Å²) in [7, 11) is 1.86. The van der Waals surface area contributed by atoms with Crippen LogP contribution in [0.5, 0.6) is 0 Å². The zero-order valence-corrected chi connectivity index (χ0v) is 14.0. The van der Waals surface area contributed by atoms with Crippen LogP contribution in [-0.2, 0) is 11.3 Å². The lowest BCUT2D eigenvalue weighted by Crippen LogP contribution is -2.31. The highest BCUT2D eigenvalue weighted by molar-refractivity contribution is 5.89. The van der Waals surface area contributed by atoms with Crippen molar-refractivity contribution in [2.75, 3.05) is 19.3 Å². The Hall–Kier alpha value is -2.04. The van der Waals surface area contributed by atoms with Gasteiger partial charge in [0.1, 0.15) is 17.9 Å². The molecule has 22 heavy (non-hydrogen) atoms. The van der Waals surface area contributed by atoms with E-state index in [1.54, 1.807) is 4.90 Å². The van der Waals surface area contributed by atoms with Gasteiger partial charge < -0.3 is 15.2 Å². The highest BCUT2D eigenvalue weighted by Gasteiger charge is 2.18. The van der Waals surface area contributed by atoms with Crippen molar-refractivity contribution in [1.29, 1.82) is 0 Å². The molecular weight excluding hydrogens is 276 g/mol. The Kier molecular flexibility index (Phi) is 5.06. The lowest BCUT2D eigenvalue weighted by atomic mass is 10.2. The van der Waals surface area contributed by atoms with E-state index in [4.69, 9.17) is 5.73 Å². The summed E-state index contributed by atoms with van der Waals surface area (Å²) in [6, 6.07) is 5.73. The summed E-state index contributed by atoms with van der Waals surface area (Å²) in [6.45, 7) is 7.40. The number of nitrogens with two attached hydrogens (primary N) is 1. The van der Waals surface area contributed by atoms with E-state index in [1.165, 1.54) is 0 Å². The van der Waals surface area contributed by atoms with Crippen molar-refractivity contribution in [3.05, 3.63) is 24.0 Å². The van der Waals surface area contributed by atoms with Gasteiger partial charge in [0.25, 0.3) is 0 Å². The maximum atomic E-state index is 12.5. The smallest absolute Gasteiger partial charge is 0.242 e. The number of nitrogens with zero attached hydrogens (tertiary/aromatic N) is 3. The summed E-state index contributed by atoms with van der Waals surface area (Å²) in [5.74, 6) is 1.25. The van der Waals surface area contributed by atoms with Crippen LogP contribution < -0.4 is 5.73 Å². The van der Waals surface area contributed by atoms with Crippen LogP contribution in [0.15, 0.2) is 18.2 Å². The molecule has 0 aliphatic heterocycles. The van der Waals surface area contributed by atoms with Gasteiger partial charge in [0.05, 0.1) is 11.2 Å². The third kappa shape index (κ3) is 3.24. The molecule has 2 N–H and O–H groups in total. The Morgan fingerprint density at radius 2 is 2.14 bits per heavy atom. The average molecular weight is 302 g/mol. The van der Waals surface area contributed by atoms with Gasteiger partial charge in [0.15, 0.2) is 0 Å². The van der Waals surface area contributed by atoms with Gasteiger partial charge in [-0.2, -0.15) is 0 Å². The van der Waals surface area contributed by atoms with Crippen LogP contribution in [0.4, 0.5) is 5.69 Å². The Morgan fingerprint density at radius 1 is 1.41 bits per heavy atom. The molecule has 0 fully saturated rings. The number of fused-ring (bicyclic) bond motifs is 1. The molecule has 0 saturated carbocycles. The largest absolute Gasteiger partial charge is 0.397 e. The number of para-hydroxylation sites is 1. The van der Waals surface area contributed by atoms with Crippen LogP contribution in [0.1, 0.15) is 45.4 Å². The Balaban J connectivity index is 2.35. The molecule has 0 unspecified atom stereocenters. The molecule has 1 aromatic heterocycles. The van der Waals surface area contributed by atoms with E-state index in [9.17, 15) is 4.79 Å². The number of benzene rings is 1. The number of anilines is 1. The van der Waals surface area contributed by atoms with Crippen molar-refractivity contribution in [2.24, 2.45) is 0 Å². The van der Waals surface area contributed by atoms with Crippen LogP contribution in [-0.4, -0.2) is 34.0 Å².